The molecule has 0 saturated carbocycles. The zero-order valence-electron chi connectivity index (χ0n) is 10.8. The van der Waals surface area contributed by atoms with E-state index in [-0.39, 0.29) is 5.56 Å². The fourth-order valence-corrected chi connectivity index (χ4v) is 1.71. The molecule has 2 aromatic rings. The highest BCUT2D eigenvalue weighted by atomic mass is 19.1. The van der Waals surface area contributed by atoms with Gasteiger partial charge >= 0.3 is 0 Å². The van der Waals surface area contributed by atoms with Crippen LogP contribution in [0.5, 0.6) is 0 Å². The fourth-order valence-electron chi connectivity index (χ4n) is 1.71. The Kier molecular flexibility index (Phi) is 3.74. The number of primary amides is 1. The molecule has 2 rings (SSSR count). The first-order valence-corrected chi connectivity index (χ1v) is 5.85. The van der Waals surface area contributed by atoms with Crippen molar-refractivity contribution in [2.75, 3.05) is 5.32 Å². The number of carbonyl (C=O) groups is 1. The lowest BCUT2D eigenvalue weighted by Crippen LogP contribution is -2.24. The Morgan fingerprint density at radius 1 is 1.35 bits per heavy atom. The molecule has 1 aromatic heterocycles. The Bertz CT molecular complexity index is 685. The van der Waals surface area contributed by atoms with Gasteiger partial charge in [0.25, 0.3) is 5.91 Å². The quantitative estimate of drug-likeness (QED) is 0.744. The summed E-state index contributed by atoms with van der Waals surface area (Å²) in [6.07, 6.45) is 1.63. The standard InChI is InChI=1S/C14H13FN4O/c1-8-4-5-18-12(6-8)19-11-3-2-9(15)7-10(11)13(16)14(17)20/h2-7,16H,1H3,(H2,17,20)(H,18,19). The monoisotopic (exact) mass is 272 g/mol. The van der Waals surface area contributed by atoms with E-state index in [1.54, 1.807) is 12.3 Å². The van der Waals surface area contributed by atoms with Crippen molar-refractivity contribution in [2.24, 2.45) is 5.73 Å². The van der Waals surface area contributed by atoms with Crippen molar-refractivity contribution in [3.05, 3.63) is 53.5 Å². The molecule has 0 aliphatic carbocycles. The number of hydrogen-bond donors (Lipinski definition) is 3. The van der Waals surface area contributed by atoms with E-state index in [4.69, 9.17) is 11.1 Å². The van der Waals surface area contributed by atoms with Crippen LogP contribution in [0.1, 0.15) is 11.1 Å². The molecule has 0 unspecified atom stereocenters. The van der Waals surface area contributed by atoms with Crippen LogP contribution < -0.4 is 11.1 Å². The van der Waals surface area contributed by atoms with E-state index < -0.39 is 17.4 Å². The molecule has 6 heteroatoms. The summed E-state index contributed by atoms with van der Waals surface area (Å²) in [6.45, 7) is 1.91. The Hall–Kier alpha value is -2.76. The van der Waals surface area contributed by atoms with Crippen molar-refractivity contribution in [1.29, 1.82) is 5.41 Å². The Morgan fingerprint density at radius 2 is 2.10 bits per heavy atom. The molecule has 0 aliphatic heterocycles. The molecule has 1 heterocycles. The van der Waals surface area contributed by atoms with E-state index in [1.807, 2.05) is 13.0 Å². The van der Waals surface area contributed by atoms with E-state index >= 15 is 0 Å². The largest absolute Gasteiger partial charge is 0.364 e. The molecule has 102 valence electrons. The molecule has 20 heavy (non-hydrogen) atoms. The van der Waals surface area contributed by atoms with E-state index in [2.05, 4.69) is 10.3 Å². The number of nitrogens with zero attached hydrogens (tertiary/aromatic N) is 1. The maximum absolute atomic E-state index is 13.3. The molecule has 1 amide bonds. The van der Waals surface area contributed by atoms with Gasteiger partial charge in [-0.25, -0.2) is 9.37 Å². The molecule has 1 aromatic carbocycles. The van der Waals surface area contributed by atoms with Crippen LogP contribution in [0.2, 0.25) is 0 Å². The first-order valence-electron chi connectivity index (χ1n) is 5.85. The van der Waals surface area contributed by atoms with Crippen molar-refractivity contribution in [2.45, 2.75) is 6.92 Å². The number of rotatable bonds is 4. The summed E-state index contributed by atoms with van der Waals surface area (Å²) in [6, 6.07) is 7.39. The van der Waals surface area contributed by atoms with Gasteiger partial charge in [-0.3, -0.25) is 10.2 Å². The number of benzene rings is 1. The average molecular weight is 272 g/mol. The number of halogens is 1. The third-order valence-electron chi connectivity index (χ3n) is 2.68. The van der Waals surface area contributed by atoms with Crippen LogP contribution >= 0.6 is 0 Å². The maximum atomic E-state index is 13.3. The predicted octanol–water partition coefficient (Wildman–Crippen LogP) is 2.13. The highest BCUT2D eigenvalue weighted by Gasteiger charge is 2.14. The maximum Gasteiger partial charge on any atom is 0.267 e. The normalized spacial score (nSPS) is 10.1. The SMILES string of the molecule is Cc1ccnc(Nc2ccc(F)cc2C(=N)C(N)=O)c1. The van der Waals surface area contributed by atoms with Gasteiger partial charge in [-0.15, -0.1) is 0 Å². The Balaban J connectivity index is 2.41. The highest BCUT2D eigenvalue weighted by Crippen LogP contribution is 2.21. The molecule has 0 bridgehead atoms. The van der Waals surface area contributed by atoms with Crippen LogP contribution in [0, 0.1) is 18.2 Å². The summed E-state index contributed by atoms with van der Waals surface area (Å²) in [5, 5.41) is 10.6. The molecule has 0 radical (unpaired) electrons. The van der Waals surface area contributed by atoms with Crippen molar-refractivity contribution >= 4 is 23.1 Å². The zero-order valence-corrected chi connectivity index (χ0v) is 10.8. The molecule has 0 saturated heterocycles. The first kappa shape index (κ1) is 13.7. The molecule has 0 aliphatic rings. The predicted molar refractivity (Wildman–Crippen MR) is 74.7 cm³/mol. The molecule has 5 nitrogen and oxygen atoms in total. The van der Waals surface area contributed by atoms with Crippen LogP contribution in [-0.2, 0) is 4.79 Å². The number of nitrogens with two attached hydrogens (primary N) is 1. The number of carbonyl (C=O) groups excluding carboxylic acids is 1. The number of hydrogen-bond acceptors (Lipinski definition) is 4. The molecule has 0 spiro atoms. The van der Waals surface area contributed by atoms with Crippen LogP contribution in [0.4, 0.5) is 15.9 Å². The Morgan fingerprint density at radius 3 is 2.75 bits per heavy atom. The van der Waals surface area contributed by atoms with Crippen LogP contribution in [-0.4, -0.2) is 16.6 Å². The topological polar surface area (TPSA) is 91.9 Å². The lowest BCUT2D eigenvalue weighted by Gasteiger charge is -2.11. The van der Waals surface area contributed by atoms with Crippen LogP contribution in [0.25, 0.3) is 0 Å². The molecule has 0 atom stereocenters. The van der Waals surface area contributed by atoms with Crippen molar-refractivity contribution in [1.82, 2.24) is 4.98 Å². The fraction of sp³-hybridized carbons (Fsp3) is 0.0714. The van der Waals surface area contributed by atoms with Crippen LogP contribution in [0.15, 0.2) is 36.5 Å². The van der Waals surface area contributed by atoms with Gasteiger partial charge in [-0.2, -0.15) is 0 Å². The minimum absolute atomic E-state index is 0.0980. The van der Waals surface area contributed by atoms with Gasteiger partial charge in [0.15, 0.2) is 0 Å². The zero-order chi connectivity index (χ0) is 14.7. The van der Waals surface area contributed by atoms with Crippen molar-refractivity contribution < 1.29 is 9.18 Å². The third-order valence-corrected chi connectivity index (χ3v) is 2.68. The minimum Gasteiger partial charge on any atom is -0.364 e. The number of pyridine rings is 1. The van der Waals surface area contributed by atoms with Gasteiger partial charge in [0, 0.05) is 17.4 Å². The molecular formula is C14H13FN4O. The summed E-state index contributed by atoms with van der Waals surface area (Å²) in [7, 11) is 0. The summed E-state index contributed by atoms with van der Waals surface area (Å²) in [5.41, 5.74) is 6.11. The van der Waals surface area contributed by atoms with E-state index in [9.17, 15) is 9.18 Å². The van der Waals surface area contributed by atoms with E-state index in [0.717, 1.165) is 11.6 Å². The first-order chi connectivity index (χ1) is 9.47. The second-order valence-electron chi connectivity index (χ2n) is 4.27. The number of amides is 1. The number of anilines is 2. The summed E-state index contributed by atoms with van der Waals surface area (Å²) in [4.78, 5) is 15.2. The third kappa shape index (κ3) is 2.97. The summed E-state index contributed by atoms with van der Waals surface area (Å²) in [5.74, 6) is -0.931. The second kappa shape index (κ2) is 5.48. The lowest BCUT2D eigenvalue weighted by atomic mass is 10.1. The smallest absolute Gasteiger partial charge is 0.267 e. The summed E-state index contributed by atoms with van der Waals surface area (Å²) < 4.78 is 13.3. The number of nitrogens with one attached hydrogen (secondary N) is 2. The molecule has 0 fully saturated rings. The molecule has 4 N–H and O–H groups in total. The minimum atomic E-state index is -0.921. The highest BCUT2D eigenvalue weighted by molar-refractivity contribution is 6.44. The number of aromatic nitrogens is 1. The van der Waals surface area contributed by atoms with Crippen LogP contribution in [0.3, 0.4) is 0 Å². The van der Waals surface area contributed by atoms with Gasteiger partial charge in [0.2, 0.25) is 0 Å². The number of aryl methyl sites for hydroxylation is 1. The van der Waals surface area contributed by atoms with Gasteiger partial charge in [0.05, 0.1) is 0 Å². The Labute approximate surface area is 115 Å². The second-order valence-corrected chi connectivity index (χ2v) is 4.27. The van der Waals surface area contributed by atoms with Crippen molar-refractivity contribution in [3.8, 4) is 0 Å². The summed E-state index contributed by atoms with van der Waals surface area (Å²) >= 11 is 0. The van der Waals surface area contributed by atoms with Gasteiger partial charge < -0.3 is 11.1 Å². The molecular weight excluding hydrogens is 259 g/mol. The lowest BCUT2D eigenvalue weighted by molar-refractivity contribution is -0.112. The van der Waals surface area contributed by atoms with E-state index in [1.165, 1.54) is 12.1 Å². The van der Waals surface area contributed by atoms with Gasteiger partial charge in [-0.05, 0) is 42.8 Å². The van der Waals surface area contributed by atoms with E-state index in [0.29, 0.717) is 11.5 Å². The van der Waals surface area contributed by atoms with Gasteiger partial charge in [-0.1, -0.05) is 0 Å². The van der Waals surface area contributed by atoms with Gasteiger partial charge in [0.1, 0.15) is 17.3 Å². The average Bonchev–Trinajstić information content (AvgIpc) is 2.40. The van der Waals surface area contributed by atoms with Crippen molar-refractivity contribution in [3.63, 3.8) is 0 Å².